The minimum absolute atomic E-state index is 0.549. The topological polar surface area (TPSA) is 54.5 Å². The Morgan fingerprint density at radius 3 is 2.46 bits per heavy atom. The number of rotatable bonds is 2. The molecule has 4 aromatic rings. The first-order chi connectivity index (χ1) is 11.8. The summed E-state index contributed by atoms with van der Waals surface area (Å²) in [6, 6.07) is 20.3. The molecule has 0 saturated carbocycles. The highest BCUT2D eigenvalue weighted by Gasteiger charge is 2.17. The number of hydrogen-bond acceptors (Lipinski definition) is 3. The third kappa shape index (κ3) is 2.15. The Morgan fingerprint density at radius 1 is 0.958 bits per heavy atom. The van der Waals surface area contributed by atoms with Gasteiger partial charge in [-0.3, -0.25) is 0 Å². The van der Waals surface area contributed by atoms with Gasteiger partial charge in [0.2, 0.25) is 0 Å². The molecule has 0 saturated heterocycles. The zero-order valence-corrected chi connectivity index (χ0v) is 13.1. The molecule has 0 radical (unpaired) electrons. The molecule has 4 nitrogen and oxygen atoms in total. The van der Waals surface area contributed by atoms with Crippen molar-refractivity contribution >= 4 is 11.0 Å². The molecule has 2 aromatic carbocycles. The first-order valence-electron chi connectivity index (χ1n) is 7.67. The van der Waals surface area contributed by atoms with Gasteiger partial charge in [0.25, 0.3) is 0 Å². The second-order valence-corrected chi connectivity index (χ2v) is 5.60. The van der Waals surface area contributed by atoms with Crippen LogP contribution in [0.15, 0.2) is 67.1 Å². The van der Waals surface area contributed by atoms with Crippen LogP contribution in [0.5, 0.6) is 0 Å². The first-order valence-corrected chi connectivity index (χ1v) is 7.67. The van der Waals surface area contributed by atoms with Gasteiger partial charge in [-0.2, -0.15) is 5.26 Å². The van der Waals surface area contributed by atoms with Crippen LogP contribution in [-0.4, -0.2) is 14.5 Å². The molecule has 24 heavy (non-hydrogen) atoms. The molecule has 0 spiro atoms. The lowest BCUT2D eigenvalue weighted by Gasteiger charge is -2.11. The van der Waals surface area contributed by atoms with Gasteiger partial charge in [-0.05, 0) is 18.6 Å². The molecule has 0 aliphatic carbocycles. The summed E-state index contributed by atoms with van der Waals surface area (Å²) in [7, 11) is 0. The third-order valence-corrected chi connectivity index (χ3v) is 4.12. The van der Waals surface area contributed by atoms with Crippen molar-refractivity contribution in [2.75, 3.05) is 0 Å². The van der Waals surface area contributed by atoms with E-state index in [0.29, 0.717) is 11.1 Å². The fraction of sp³-hybridized carbons (Fsp3) is 0.0500. The lowest BCUT2D eigenvalue weighted by molar-refractivity contribution is 1.09. The highest BCUT2D eigenvalue weighted by molar-refractivity contribution is 5.94. The van der Waals surface area contributed by atoms with E-state index in [9.17, 15) is 5.26 Å². The van der Waals surface area contributed by atoms with E-state index in [1.165, 1.54) is 6.33 Å². The molecule has 4 heteroatoms. The summed E-state index contributed by atoms with van der Waals surface area (Å²) >= 11 is 0. The van der Waals surface area contributed by atoms with Gasteiger partial charge in [-0.1, -0.05) is 48.5 Å². The van der Waals surface area contributed by atoms with Crippen molar-refractivity contribution < 1.29 is 0 Å². The number of para-hydroxylation sites is 1. The summed E-state index contributed by atoms with van der Waals surface area (Å²) in [6.07, 6.45) is 3.36. The van der Waals surface area contributed by atoms with Crippen molar-refractivity contribution in [1.82, 2.24) is 14.5 Å². The van der Waals surface area contributed by atoms with Gasteiger partial charge in [0.1, 0.15) is 17.9 Å². The zero-order chi connectivity index (χ0) is 16.5. The Hall–Kier alpha value is -3.45. The molecule has 0 fully saturated rings. The van der Waals surface area contributed by atoms with Crippen molar-refractivity contribution in [3.8, 4) is 23.0 Å². The molecule has 0 unspecified atom stereocenters. The molecule has 0 atom stereocenters. The molecule has 4 rings (SSSR count). The summed E-state index contributed by atoms with van der Waals surface area (Å²) in [5.41, 5.74) is 6.06. The van der Waals surface area contributed by atoms with Crippen molar-refractivity contribution in [3.05, 3.63) is 78.2 Å². The molecule has 2 heterocycles. The summed E-state index contributed by atoms with van der Waals surface area (Å²) in [5, 5.41) is 9.50. The maximum Gasteiger partial charge on any atom is 0.116 e. The number of nitrogens with zero attached hydrogens (tertiary/aromatic N) is 4. The number of fused-ring (bicyclic) bond motifs is 1. The van der Waals surface area contributed by atoms with Crippen LogP contribution in [-0.2, 0) is 0 Å². The number of benzene rings is 2. The minimum atomic E-state index is 0.549. The summed E-state index contributed by atoms with van der Waals surface area (Å²) < 4.78 is 2.02. The van der Waals surface area contributed by atoms with Gasteiger partial charge in [0, 0.05) is 17.4 Å². The smallest absolute Gasteiger partial charge is 0.116 e. The number of hydrogen-bond donors (Lipinski definition) is 0. The van der Waals surface area contributed by atoms with Crippen molar-refractivity contribution in [3.63, 3.8) is 0 Å². The maximum absolute atomic E-state index is 9.50. The van der Waals surface area contributed by atoms with Crippen LogP contribution in [0.1, 0.15) is 11.1 Å². The molecular weight excluding hydrogens is 296 g/mol. The molecule has 0 aliphatic rings. The molecule has 0 amide bonds. The minimum Gasteiger partial charge on any atom is -0.312 e. The second kappa shape index (κ2) is 5.64. The van der Waals surface area contributed by atoms with Crippen molar-refractivity contribution in [2.24, 2.45) is 0 Å². The van der Waals surface area contributed by atoms with Crippen LogP contribution in [0.4, 0.5) is 0 Å². The summed E-state index contributed by atoms with van der Waals surface area (Å²) in [6.45, 7) is 2.05. The van der Waals surface area contributed by atoms with Crippen molar-refractivity contribution in [2.45, 2.75) is 6.92 Å². The Morgan fingerprint density at radius 2 is 1.71 bits per heavy atom. The average Bonchev–Trinajstić information content (AvgIpc) is 3.01. The van der Waals surface area contributed by atoms with Crippen LogP contribution in [0.3, 0.4) is 0 Å². The van der Waals surface area contributed by atoms with E-state index in [-0.39, 0.29) is 0 Å². The predicted octanol–water partition coefficient (Wildman–Crippen LogP) is 4.27. The van der Waals surface area contributed by atoms with E-state index in [2.05, 4.69) is 29.0 Å². The molecular formula is C20H14N4. The summed E-state index contributed by atoms with van der Waals surface area (Å²) in [5.74, 6) is 0. The maximum atomic E-state index is 9.50. The highest BCUT2D eigenvalue weighted by atomic mass is 15.0. The van der Waals surface area contributed by atoms with Crippen LogP contribution >= 0.6 is 0 Å². The Bertz CT molecular complexity index is 1070. The quantitative estimate of drug-likeness (QED) is 0.555. The highest BCUT2D eigenvalue weighted by Crippen LogP contribution is 2.31. The SMILES string of the molecule is Cc1ccccc1-n1cc(C#N)c2ncnc(-c3ccccc3)c21. The summed E-state index contributed by atoms with van der Waals surface area (Å²) in [4.78, 5) is 8.86. The van der Waals surface area contributed by atoms with Gasteiger partial charge in [-0.15, -0.1) is 0 Å². The number of aromatic nitrogens is 3. The van der Waals surface area contributed by atoms with E-state index in [0.717, 1.165) is 28.0 Å². The van der Waals surface area contributed by atoms with Gasteiger partial charge >= 0.3 is 0 Å². The van der Waals surface area contributed by atoms with E-state index in [4.69, 9.17) is 0 Å². The number of aryl methyl sites for hydroxylation is 1. The normalized spacial score (nSPS) is 10.7. The van der Waals surface area contributed by atoms with E-state index in [1.807, 2.05) is 59.3 Å². The molecule has 114 valence electrons. The third-order valence-electron chi connectivity index (χ3n) is 4.12. The lowest BCUT2D eigenvalue weighted by Crippen LogP contribution is -1.98. The van der Waals surface area contributed by atoms with Crippen LogP contribution < -0.4 is 0 Å². The molecule has 0 bridgehead atoms. The second-order valence-electron chi connectivity index (χ2n) is 5.60. The Balaban J connectivity index is 2.12. The first kappa shape index (κ1) is 14.2. The largest absolute Gasteiger partial charge is 0.312 e. The zero-order valence-electron chi connectivity index (χ0n) is 13.1. The van der Waals surface area contributed by atoms with E-state index in [1.54, 1.807) is 0 Å². The van der Waals surface area contributed by atoms with Gasteiger partial charge in [0.05, 0.1) is 16.8 Å². The van der Waals surface area contributed by atoms with Crippen LogP contribution in [0.2, 0.25) is 0 Å². The van der Waals surface area contributed by atoms with Gasteiger partial charge < -0.3 is 4.57 Å². The Labute approximate surface area is 139 Å². The number of nitriles is 1. The predicted molar refractivity (Wildman–Crippen MR) is 93.8 cm³/mol. The lowest BCUT2D eigenvalue weighted by atomic mass is 10.1. The average molecular weight is 310 g/mol. The molecule has 2 aromatic heterocycles. The Kier molecular flexibility index (Phi) is 3.33. The standard InChI is InChI=1S/C20H14N4/c1-14-7-5-6-10-17(14)24-12-16(11-21)19-20(24)18(22-13-23-19)15-8-3-2-4-9-15/h2-10,12-13H,1H3. The molecule has 0 aliphatic heterocycles. The van der Waals surface area contributed by atoms with E-state index < -0.39 is 0 Å². The van der Waals surface area contributed by atoms with Gasteiger partial charge in [0.15, 0.2) is 0 Å². The van der Waals surface area contributed by atoms with Crippen LogP contribution in [0, 0.1) is 18.3 Å². The molecule has 0 N–H and O–H groups in total. The van der Waals surface area contributed by atoms with Crippen molar-refractivity contribution in [1.29, 1.82) is 5.26 Å². The van der Waals surface area contributed by atoms with Crippen LogP contribution in [0.25, 0.3) is 28.0 Å². The fourth-order valence-electron chi connectivity index (χ4n) is 2.97. The monoisotopic (exact) mass is 310 g/mol. The van der Waals surface area contributed by atoms with Gasteiger partial charge in [-0.25, -0.2) is 9.97 Å². The fourth-order valence-corrected chi connectivity index (χ4v) is 2.97. The van der Waals surface area contributed by atoms with E-state index >= 15 is 0 Å².